The highest BCUT2D eigenvalue weighted by Gasteiger charge is 2.12. The molecule has 0 spiro atoms. The molecule has 1 N–H and O–H groups in total. The number of hydrogen-bond acceptors (Lipinski definition) is 4. The molecule has 7 heteroatoms. The van der Waals surface area contributed by atoms with Crippen molar-refractivity contribution in [2.24, 2.45) is 0 Å². The molecule has 0 aliphatic heterocycles. The van der Waals surface area contributed by atoms with Crippen LogP contribution in [0.1, 0.15) is 5.56 Å². The molecule has 6 nitrogen and oxygen atoms in total. The number of rotatable bonds is 3. The van der Waals surface area contributed by atoms with Gasteiger partial charge in [0.15, 0.2) is 4.96 Å². The van der Waals surface area contributed by atoms with Crippen LogP contribution in [0.25, 0.3) is 33.0 Å². The summed E-state index contributed by atoms with van der Waals surface area (Å²) in [5.74, 6) is -0.909. The molecular formula is C20H13N3O3S. The summed E-state index contributed by atoms with van der Waals surface area (Å²) in [6, 6.07) is 15.1. The maximum atomic E-state index is 12.9. The standard InChI is InChI=1S/C20H13N3O3S/c24-18(25)11-22-10-12(13-5-1-3-7-15(13)22)9-17-19(26)23-16-8-4-2-6-14(16)21-20(23)27-17/h1-10H,11H2,(H,24,25)/b17-9-. The molecule has 0 radical (unpaired) electrons. The lowest BCUT2D eigenvalue weighted by Crippen LogP contribution is -2.22. The number of carboxylic acid groups (broad SMARTS) is 1. The largest absolute Gasteiger partial charge is 0.480 e. The lowest BCUT2D eigenvalue weighted by atomic mass is 10.2. The van der Waals surface area contributed by atoms with Gasteiger partial charge in [0.05, 0.1) is 15.6 Å². The number of thiazole rings is 1. The Morgan fingerprint density at radius 1 is 1.11 bits per heavy atom. The van der Waals surface area contributed by atoms with Crippen molar-refractivity contribution in [2.75, 3.05) is 0 Å². The molecule has 3 heterocycles. The number of carboxylic acids is 1. The Bertz CT molecular complexity index is 1460. The SMILES string of the molecule is O=C(O)Cn1cc(/C=c2\sc3nc4ccccc4n3c2=O)c2ccccc21. The molecule has 3 aromatic heterocycles. The predicted molar refractivity (Wildman–Crippen MR) is 105 cm³/mol. The Balaban J connectivity index is 1.77. The lowest BCUT2D eigenvalue weighted by molar-refractivity contribution is -0.137. The summed E-state index contributed by atoms with van der Waals surface area (Å²) in [4.78, 5) is 29.3. The summed E-state index contributed by atoms with van der Waals surface area (Å²) in [7, 11) is 0. The van der Waals surface area contributed by atoms with Gasteiger partial charge < -0.3 is 9.67 Å². The van der Waals surface area contributed by atoms with Crippen LogP contribution in [-0.2, 0) is 11.3 Å². The van der Waals surface area contributed by atoms with E-state index in [-0.39, 0.29) is 12.1 Å². The van der Waals surface area contributed by atoms with Crippen molar-refractivity contribution in [3.63, 3.8) is 0 Å². The molecule has 0 saturated carbocycles. The van der Waals surface area contributed by atoms with Crippen LogP contribution < -0.4 is 10.1 Å². The van der Waals surface area contributed by atoms with E-state index in [2.05, 4.69) is 4.98 Å². The number of fused-ring (bicyclic) bond motifs is 4. The fourth-order valence-electron chi connectivity index (χ4n) is 3.42. The Morgan fingerprint density at radius 2 is 1.85 bits per heavy atom. The van der Waals surface area contributed by atoms with Crippen LogP contribution in [-0.4, -0.2) is 25.0 Å². The number of aromatic nitrogens is 3. The Kier molecular flexibility index (Phi) is 3.38. The third-order valence-corrected chi connectivity index (χ3v) is 5.53. The van der Waals surface area contributed by atoms with Gasteiger partial charge in [-0.2, -0.15) is 0 Å². The van der Waals surface area contributed by atoms with Gasteiger partial charge in [0.25, 0.3) is 5.56 Å². The molecule has 0 aliphatic carbocycles. The maximum absolute atomic E-state index is 12.9. The molecule has 0 unspecified atom stereocenters. The van der Waals surface area contributed by atoms with Crippen molar-refractivity contribution in [3.05, 3.63) is 75.2 Å². The zero-order chi connectivity index (χ0) is 18.5. The van der Waals surface area contributed by atoms with Gasteiger partial charge >= 0.3 is 5.97 Å². The Labute approximate surface area is 156 Å². The van der Waals surface area contributed by atoms with E-state index in [9.17, 15) is 9.59 Å². The van der Waals surface area contributed by atoms with Gasteiger partial charge in [0.2, 0.25) is 0 Å². The average Bonchev–Trinajstić information content (AvgIpc) is 3.28. The number of para-hydroxylation sites is 3. The van der Waals surface area contributed by atoms with Crippen molar-refractivity contribution < 1.29 is 9.90 Å². The van der Waals surface area contributed by atoms with Gasteiger partial charge in [-0.1, -0.05) is 41.7 Å². The fraction of sp³-hybridized carbons (Fsp3) is 0.0500. The summed E-state index contributed by atoms with van der Waals surface area (Å²) < 4.78 is 3.88. The van der Waals surface area contributed by atoms with Crippen LogP contribution >= 0.6 is 11.3 Å². The first-order valence-electron chi connectivity index (χ1n) is 8.33. The smallest absolute Gasteiger partial charge is 0.323 e. The van der Waals surface area contributed by atoms with Crippen LogP contribution in [0, 0.1) is 0 Å². The fourth-order valence-corrected chi connectivity index (χ4v) is 4.40. The van der Waals surface area contributed by atoms with E-state index in [0.717, 1.165) is 27.5 Å². The number of imidazole rings is 1. The zero-order valence-electron chi connectivity index (χ0n) is 14.0. The van der Waals surface area contributed by atoms with Crippen molar-refractivity contribution >= 4 is 50.3 Å². The summed E-state index contributed by atoms with van der Waals surface area (Å²) in [5, 5.41) is 10.1. The predicted octanol–water partition coefficient (Wildman–Crippen LogP) is 2.50. The van der Waals surface area contributed by atoms with Gasteiger partial charge in [-0.05, 0) is 24.3 Å². The number of carbonyl (C=O) groups is 1. The second-order valence-electron chi connectivity index (χ2n) is 6.26. The third kappa shape index (κ3) is 2.43. The monoisotopic (exact) mass is 375 g/mol. The van der Waals surface area contributed by atoms with E-state index in [1.54, 1.807) is 15.2 Å². The highest BCUT2D eigenvalue weighted by atomic mass is 32.1. The van der Waals surface area contributed by atoms with E-state index in [1.165, 1.54) is 11.3 Å². The molecule has 27 heavy (non-hydrogen) atoms. The highest BCUT2D eigenvalue weighted by Crippen LogP contribution is 2.22. The molecule has 0 bridgehead atoms. The van der Waals surface area contributed by atoms with Crippen LogP contribution in [0.15, 0.2) is 59.5 Å². The molecule has 132 valence electrons. The molecule has 2 aromatic carbocycles. The van der Waals surface area contributed by atoms with E-state index in [1.807, 2.05) is 54.6 Å². The van der Waals surface area contributed by atoms with E-state index in [0.29, 0.717) is 9.49 Å². The van der Waals surface area contributed by atoms with E-state index >= 15 is 0 Å². The molecular weight excluding hydrogens is 362 g/mol. The molecule has 5 rings (SSSR count). The number of hydrogen-bond donors (Lipinski definition) is 1. The molecule has 0 aliphatic rings. The first-order chi connectivity index (χ1) is 13.1. The van der Waals surface area contributed by atoms with Gasteiger partial charge in [-0.25, -0.2) is 9.38 Å². The minimum absolute atomic E-state index is 0.112. The topological polar surface area (TPSA) is 76.6 Å². The highest BCUT2D eigenvalue weighted by molar-refractivity contribution is 7.15. The number of aliphatic carboxylic acids is 1. The van der Waals surface area contributed by atoms with Crippen molar-refractivity contribution in [2.45, 2.75) is 6.54 Å². The van der Waals surface area contributed by atoms with Crippen molar-refractivity contribution in [3.8, 4) is 0 Å². The number of benzene rings is 2. The van der Waals surface area contributed by atoms with Crippen molar-refractivity contribution in [1.29, 1.82) is 0 Å². The Morgan fingerprint density at radius 3 is 2.67 bits per heavy atom. The first kappa shape index (κ1) is 15.8. The maximum Gasteiger partial charge on any atom is 0.323 e. The Hall–Kier alpha value is -3.45. The summed E-state index contributed by atoms with van der Waals surface area (Å²) >= 11 is 1.33. The second kappa shape index (κ2) is 5.78. The minimum Gasteiger partial charge on any atom is -0.480 e. The average molecular weight is 375 g/mol. The summed E-state index contributed by atoms with van der Waals surface area (Å²) in [5.41, 5.74) is 3.12. The molecule has 0 amide bonds. The van der Waals surface area contributed by atoms with E-state index < -0.39 is 5.97 Å². The lowest BCUT2D eigenvalue weighted by Gasteiger charge is -1.99. The molecule has 0 fully saturated rings. The van der Waals surface area contributed by atoms with Gasteiger partial charge in [-0.15, -0.1) is 0 Å². The number of nitrogens with zero attached hydrogens (tertiary/aromatic N) is 3. The zero-order valence-corrected chi connectivity index (χ0v) is 14.8. The summed E-state index contributed by atoms with van der Waals surface area (Å²) in [6.45, 7) is -0.128. The molecule has 5 aromatic rings. The van der Waals surface area contributed by atoms with Gasteiger partial charge in [0.1, 0.15) is 6.54 Å². The van der Waals surface area contributed by atoms with Gasteiger partial charge in [-0.3, -0.25) is 9.59 Å². The molecule has 0 atom stereocenters. The third-order valence-electron chi connectivity index (χ3n) is 4.56. The van der Waals surface area contributed by atoms with E-state index in [4.69, 9.17) is 5.11 Å². The van der Waals surface area contributed by atoms with Crippen LogP contribution in [0.5, 0.6) is 0 Å². The van der Waals surface area contributed by atoms with Crippen LogP contribution in [0.3, 0.4) is 0 Å². The summed E-state index contributed by atoms with van der Waals surface area (Å²) in [6.07, 6.45) is 3.59. The van der Waals surface area contributed by atoms with Crippen LogP contribution in [0.4, 0.5) is 0 Å². The quantitative estimate of drug-likeness (QED) is 0.526. The van der Waals surface area contributed by atoms with Crippen molar-refractivity contribution in [1.82, 2.24) is 14.0 Å². The first-order valence-corrected chi connectivity index (χ1v) is 9.15. The second-order valence-corrected chi connectivity index (χ2v) is 7.27. The van der Waals surface area contributed by atoms with Crippen LogP contribution in [0.2, 0.25) is 0 Å². The van der Waals surface area contributed by atoms with Gasteiger partial charge in [0, 0.05) is 22.7 Å². The molecule has 0 saturated heterocycles. The minimum atomic E-state index is -0.909. The normalized spacial score (nSPS) is 12.5.